The highest BCUT2D eigenvalue weighted by atomic mass is 16.5. The molecule has 174 valence electrons. The van der Waals surface area contributed by atoms with Gasteiger partial charge in [-0.05, 0) is 50.6 Å². The monoisotopic (exact) mass is 455 g/mol. The summed E-state index contributed by atoms with van der Waals surface area (Å²) in [5.74, 6) is 0.871. The van der Waals surface area contributed by atoms with Crippen LogP contribution in [0.5, 0.6) is 0 Å². The number of pyridine rings is 1. The average Bonchev–Trinajstić information content (AvgIpc) is 3.58. The summed E-state index contributed by atoms with van der Waals surface area (Å²) < 4.78 is 9.33. The lowest BCUT2D eigenvalue weighted by atomic mass is 9.82. The van der Waals surface area contributed by atoms with Gasteiger partial charge in [-0.1, -0.05) is 6.08 Å². The maximum absolute atomic E-state index is 9.65. The van der Waals surface area contributed by atoms with Gasteiger partial charge in [-0.15, -0.1) is 0 Å². The minimum Gasteiger partial charge on any atom is -0.381 e. The molecule has 0 aromatic carbocycles. The summed E-state index contributed by atoms with van der Waals surface area (Å²) in [4.78, 5) is 6.65. The number of hydrogen-bond donors (Lipinski definition) is 0. The quantitative estimate of drug-likeness (QED) is 0.428. The summed E-state index contributed by atoms with van der Waals surface area (Å²) in [5, 5.41) is 18.4. The molecule has 3 aromatic rings. The summed E-state index contributed by atoms with van der Waals surface area (Å²) >= 11 is 0. The van der Waals surface area contributed by atoms with Gasteiger partial charge in [-0.2, -0.15) is 15.5 Å². The molecule has 5 rings (SSSR count). The van der Waals surface area contributed by atoms with Gasteiger partial charge in [0.2, 0.25) is 0 Å². The fourth-order valence-corrected chi connectivity index (χ4v) is 5.14. The Hall–Kier alpha value is -3.70. The number of nitrogens with zero attached hydrogens (tertiary/aromatic N) is 7. The van der Waals surface area contributed by atoms with Crippen LogP contribution in [0.2, 0.25) is 0 Å². The SMILES string of the molecule is C=N/C(=C\C=C(/C)c1cc(-c2cnn(C)c2)cn2ncc(C#N)c12)N1CCC2(CCCOC2)C1. The first-order valence-electron chi connectivity index (χ1n) is 11.6. The van der Waals surface area contributed by atoms with Gasteiger partial charge in [0.25, 0.3) is 0 Å². The van der Waals surface area contributed by atoms with Crippen LogP contribution in [0.15, 0.2) is 53.8 Å². The topological polar surface area (TPSA) is 83.7 Å². The van der Waals surface area contributed by atoms with Crippen LogP contribution < -0.4 is 0 Å². The fourth-order valence-electron chi connectivity index (χ4n) is 5.14. The van der Waals surface area contributed by atoms with Crippen molar-refractivity contribution in [2.75, 3.05) is 26.3 Å². The minimum atomic E-state index is 0.240. The number of aromatic nitrogens is 4. The predicted molar refractivity (Wildman–Crippen MR) is 132 cm³/mol. The number of ether oxygens (including phenoxy) is 1. The van der Waals surface area contributed by atoms with E-state index in [1.807, 2.05) is 38.6 Å². The van der Waals surface area contributed by atoms with Gasteiger partial charge in [-0.25, -0.2) is 9.51 Å². The molecule has 3 aromatic heterocycles. The number of aliphatic imine (C=N–C) groups is 1. The van der Waals surface area contributed by atoms with E-state index in [0.29, 0.717) is 5.56 Å². The highest BCUT2D eigenvalue weighted by Gasteiger charge is 2.40. The Kier molecular flexibility index (Phi) is 5.80. The van der Waals surface area contributed by atoms with E-state index in [1.54, 1.807) is 15.4 Å². The van der Waals surface area contributed by atoms with Crippen LogP contribution in [0.1, 0.15) is 37.3 Å². The molecule has 0 amide bonds. The fraction of sp³-hybridized carbons (Fsp3) is 0.385. The third-order valence-corrected chi connectivity index (χ3v) is 7.01. The van der Waals surface area contributed by atoms with Gasteiger partial charge in [0.15, 0.2) is 0 Å². The number of aryl methyl sites for hydroxylation is 1. The summed E-state index contributed by atoms with van der Waals surface area (Å²) in [5.41, 5.74) is 5.53. The van der Waals surface area contributed by atoms with E-state index in [-0.39, 0.29) is 5.41 Å². The zero-order valence-corrected chi connectivity index (χ0v) is 19.7. The molecular weight excluding hydrogens is 426 g/mol. The Bertz CT molecular complexity index is 1330. The summed E-state index contributed by atoms with van der Waals surface area (Å²) in [6, 6.07) is 4.37. The molecule has 5 heterocycles. The van der Waals surface area contributed by atoms with E-state index in [0.717, 1.165) is 72.7 Å². The van der Waals surface area contributed by atoms with Crippen LogP contribution in [0.4, 0.5) is 0 Å². The lowest BCUT2D eigenvalue weighted by Gasteiger charge is -2.33. The van der Waals surface area contributed by atoms with E-state index in [1.165, 1.54) is 6.42 Å². The Labute approximate surface area is 199 Å². The van der Waals surface area contributed by atoms with E-state index in [2.05, 4.69) is 45.0 Å². The second kappa shape index (κ2) is 8.92. The van der Waals surface area contributed by atoms with Gasteiger partial charge in [0.1, 0.15) is 11.9 Å². The van der Waals surface area contributed by atoms with Gasteiger partial charge in [0.05, 0.1) is 30.1 Å². The predicted octanol–water partition coefficient (Wildman–Crippen LogP) is 4.05. The second-order valence-electron chi connectivity index (χ2n) is 9.37. The van der Waals surface area contributed by atoms with Crippen molar-refractivity contribution in [2.45, 2.75) is 26.2 Å². The smallest absolute Gasteiger partial charge is 0.127 e. The molecule has 1 atom stereocenters. The number of rotatable bonds is 5. The Morgan fingerprint density at radius 3 is 2.82 bits per heavy atom. The van der Waals surface area contributed by atoms with Gasteiger partial charge >= 0.3 is 0 Å². The molecule has 8 nitrogen and oxygen atoms in total. The standard InChI is InChI=1S/C26H29N7O/c1-19(5-6-24(28-2)32-9-8-26(17-32)7-4-10-34-18-26)23-11-20(22-14-29-31(3)15-22)16-33-25(23)21(12-27)13-30-33/h5-6,11,13-16H,2,4,7-10,17-18H2,1,3H3/b19-5+,24-6+. The van der Waals surface area contributed by atoms with Gasteiger partial charge < -0.3 is 9.64 Å². The molecule has 0 N–H and O–H groups in total. The van der Waals surface area contributed by atoms with Crippen LogP contribution in [-0.4, -0.2) is 57.3 Å². The molecule has 1 unspecified atom stereocenters. The molecular formula is C26H29N7O. The Morgan fingerprint density at radius 2 is 2.12 bits per heavy atom. The molecule has 8 heteroatoms. The van der Waals surface area contributed by atoms with Crippen molar-refractivity contribution in [3.05, 3.63) is 60.0 Å². The third kappa shape index (κ3) is 4.03. The molecule has 2 aliphatic heterocycles. The molecule has 2 saturated heterocycles. The summed E-state index contributed by atoms with van der Waals surface area (Å²) in [7, 11) is 1.90. The molecule has 2 aliphatic rings. The molecule has 0 aliphatic carbocycles. The first kappa shape index (κ1) is 22.1. The number of fused-ring (bicyclic) bond motifs is 1. The number of hydrogen-bond acceptors (Lipinski definition) is 6. The van der Waals surface area contributed by atoms with Crippen LogP contribution in [0, 0.1) is 16.7 Å². The highest BCUT2D eigenvalue weighted by molar-refractivity contribution is 5.84. The molecule has 34 heavy (non-hydrogen) atoms. The van der Waals surface area contributed by atoms with Crippen LogP contribution in [0.3, 0.4) is 0 Å². The van der Waals surface area contributed by atoms with E-state index in [9.17, 15) is 5.26 Å². The van der Waals surface area contributed by atoms with E-state index in [4.69, 9.17) is 4.74 Å². The summed E-state index contributed by atoms with van der Waals surface area (Å²) in [6.45, 7) is 9.50. The molecule has 0 radical (unpaired) electrons. The van der Waals surface area contributed by atoms with Gasteiger partial charge in [-0.3, -0.25) is 4.68 Å². The zero-order chi connectivity index (χ0) is 23.7. The summed E-state index contributed by atoms with van der Waals surface area (Å²) in [6.07, 6.45) is 14.9. The number of nitriles is 1. The maximum atomic E-state index is 9.65. The largest absolute Gasteiger partial charge is 0.381 e. The van der Waals surface area contributed by atoms with Crippen molar-refractivity contribution in [3.63, 3.8) is 0 Å². The molecule has 0 bridgehead atoms. The van der Waals surface area contributed by atoms with Crippen LogP contribution in [0.25, 0.3) is 22.2 Å². The maximum Gasteiger partial charge on any atom is 0.127 e. The van der Waals surface area contributed by atoms with Crippen molar-refractivity contribution in [1.29, 1.82) is 5.26 Å². The third-order valence-electron chi connectivity index (χ3n) is 7.01. The van der Waals surface area contributed by atoms with E-state index >= 15 is 0 Å². The first-order valence-corrected chi connectivity index (χ1v) is 11.6. The van der Waals surface area contributed by atoms with Crippen molar-refractivity contribution in [2.24, 2.45) is 17.5 Å². The van der Waals surface area contributed by atoms with Crippen molar-refractivity contribution in [1.82, 2.24) is 24.3 Å². The first-order chi connectivity index (χ1) is 16.5. The van der Waals surface area contributed by atoms with Crippen molar-refractivity contribution < 1.29 is 4.74 Å². The molecule has 1 spiro atoms. The lowest BCUT2D eigenvalue weighted by Crippen LogP contribution is -2.34. The average molecular weight is 456 g/mol. The Balaban J connectivity index is 1.50. The van der Waals surface area contributed by atoms with Crippen LogP contribution in [-0.2, 0) is 11.8 Å². The van der Waals surface area contributed by atoms with Crippen molar-refractivity contribution in [3.8, 4) is 17.2 Å². The normalized spacial score (nSPS) is 21.4. The molecule has 2 fully saturated rings. The number of likely N-dealkylation sites (tertiary alicyclic amines) is 1. The van der Waals surface area contributed by atoms with Crippen molar-refractivity contribution >= 4 is 17.8 Å². The highest BCUT2D eigenvalue weighted by Crippen LogP contribution is 2.39. The molecule has 0 saturated carbocycles. The minimum absolute atomic E-state index is 0.240. The van der Waals surface area contributed by atoms with Gasteiger partial charge in [0, 0.05) is 61.2 Å². The second-order valence-corrected chi connectivity index (χ2v) is 9.37. The number of allylic oxidation sites excluding steroid dienone is 3. The Morgan fingerprint density at radius 1 is 1.24 bits per heavy atom. The van der Waals surface area contributed by atoms with Crippen LogP contribution >= 0.6 is 0 Å². The van der Waals surface area contributed by atoms with E-state index < -0.39 is 0 Å². The zero-order valence-electron chi connectivity index (χ0n) is 19.7. The lowest BCUT2D eigenvalue weighted by molar-refractivity contribution is -0.000719.